The molecule has 1 fully saturated rings. The minimum Gasteiger partial charge on any atom is -0.346 e. The van der Waals surface area contributed by atoms with Gasteiger partial charge in [-0.1, -0.05) is 12.1 Å². The van der Waals surface area contributed by atoms with Crippen LogP contribution in [0.4, 0.5) is 17.6 Å². The van der Waals surface area contributed by atoms with Crippen LogP contribution in [0.5, 0.6) is 0 Å². The van der Waals surface area contributed by atoms with E-state index < -0.39 is 18.6 Å². The number of carbonyl (C=O) groups is 2. The fourth-order valence-corrected chi connectivity index (χ4v) is 2.50. The molecular formula is C16H19F4N3O2. The van der Waals surface area contributed by atoms with E-state index in [1.807, 2.05) is 5.32 Å². The predicted octanol–water partition coefficient (Wildman–Crippen LogP) is 1.19. The summed E-state index contributed by atoms with van der Waals surface area (Å²) in [5, 5.41) is 1.82. The van der Waals surface area contributed by atoms with Crippen molar-refractivity contribution in [2.24, 2.45) is 0 Å². The smallest absolute Gasteiger partial charge is 0.346 e. The second kappa shape index (κ2) is 8.28. The van der Waals surface area contributed by atoms with Gasteiger partial charge in [-0.05, 0) is 17.7 Å². The number of piperazine rings is 1. The van der Waals surface area contributed by atoms with E-state index in [1.54, 1.807) is 21.9 Å². The number of nitrogens with zero attached hydrogens (tertiary/aromatic N) is 2. The first-order valence-electron chi connectivity index (χ1n) is 7.81. The maximum Gasteiger partial charge on any atom is 0.405 e. The van der Waals surface area contributed by atoms with Crippen molar-refractivity contribution in [2.75, 3.05) is 39.3 Å². The Morgan fingerprint density at radius 1 is 1.04 bits per heavy atom. The molecule has 0 spiro atoms. The van der Waals surface area contributed by atoms with Crippen LogP contribution in [0.1, 0.15) is 5.56 Å². The van der Waals surface area contributed by atoms with Crippen LogP contribution in [-0.2, 0) is 16.0 Å². The molecule has 0 unspecified atom stereocenters. The first-order valence-corrected chi connectivity index (χ1v) is 7.81. The molecule has 1 aromatic rings. The maximum atomic E-state index is 12.9. The van der Waals surface area contributed by atoms with Crippen molar-refractivity contribution in [1.29, 1.82) is 0 Å². The zero-order valence-corrected chi connectivity index (χ0v) is 13.5. The molecule has 0 aromatic heterocycles. The van der Waals surface area contributed by atoms with E-state index in [0.29, 0.717) is 31.7 Å². The second-order valence-corrected chi connectivity index (χ2v) is 5.85. The summed E-state index contributed by atoms with van der Waals surface area (Å²) in [5.74, 6) is -1.16. The minimum atomic E-state index is -4.43. The predicted molar refractivity (Wildman–Crippen MR) is 82.2 cm³/mol. The maximum absolute atomic E-state index is 12.9. The molecule has 25 heavy (non-hydrogen) atoms. The molecule has 0 aliphatic carbocycles. The highest BCUT2D eigenvalue weighted by molar-refractivity contribution is 5.79. The Morgan fingerprint density at radius 2 is 1.64 bits per heavy atom. The van der Waals surface area contributed by atoms with E-state index in [1.165, 1.54) is 12.1 Å². The van der Waals surface area contributed by atoms with Gasteiger partial charge in [0.2, 0.25) is 11.8 Å². The number of amides is 2. The molecule has 2 amide bonds. The van der Waals surface area contributed by atoms with Gasteiger partial charge < -0.3 is 10.2 Å². The first kappa shape index (κ1) is 19.2. The molecule has 0 saturated carbocycles. The van der Waals surface area contributed by atoms with Gasteiger partial charge in [-0.3, -0.25) is 14.5 Å². The van der Waals surface area contributed by atoms with Crippen LogP contribution in [-0.4, -0.2) is 67.1 Å². The van der Waals surface area contributed by atoms with Gasteiger partial charge >= 0.3 is 6.18 Å². The van der Waals surface area contributed by atoms with Crippen LogP contribution in [0.2, 0.25) is 0 Å². The Hall–Kier alpha value is -2.16. The second-order valence-electron chi connectivity index (χ2n) is 5.85. The summed E-state index contributed by atoms with van der Waals surface area (Å²) in [6, 6.07) is 5.68. The molecule has 2 rings (SSSR count). The third-order valence-corrected chi connectivity index (χ3v) is 3.85. The summed E-state index contributed by atoms with van der Waals surface area (Å²) in [4.78, 5) is 27.0. The lowest BCUT2D eigenvalue weighted by molar-refractivity contribution is -0.139. The van der Waals surface area contributed by atoms with Crippen LogP contribution in [0.15, 0.2) is 24.3 Å². The lowest BCUT2D eigenvalue weighted by atomic mass is 10.1. The number of halogens is 4. The minimum absolute atomic E-state index is 0.104. The van der Waals surface area contributed by atoms with Crippen LogP contribution in [0.25, 0.3) is 0 Å². The van der Waals surface area contributed by atoms with E-state index in [-0.39, 0.29) is 24.7 Å². The van der Waals surface area contributed by atoms with Gasteiger partial charge in [0.05, 0.1) is 13.0 Å². The van der Waals surface area contributed by atoms with Crippen molar-refractivity contribution >= 4 is 11.8 Å². The van der Waals surface area contributed by atoms with Crippen LogP contribution >= 0.6 is 0 Å². The lowest BCUT2D eigenvalue weighted by Crippen LogP contribution is -2.51. The molecule has 0 radical (unpaired) electrons. The molecule has 1 aliphatic rings. The summed E-state index contributed by atoms with van der Waals surface area (Å²) < 4.78 is 49.0. The Kier molecular flexibility index (Phi) is 6.35. The average molecular weight is 361 g/mol. The van der Waals surface area contributed by atoms with Gasteiger partial charge in [0.1, 0.15) is 12.4 Å². The lowest BCUT2D eigenvalue weighted by Gasteiger charge is -2.34. The summed E-state index contributed by atoms with van der Waals surface area (Å²) in [6.45, 7) is 0.139. The topological polar surface area (TPSA) is 52.7 Å². The summed E-state index contributed by atoms with van der Waals surface area (Å²) in [5.41, 5.74) is 0.709. The third kappa shape index (κ3) is 6.69. The molecule has 1 N–H and O–H groups in total. The van der Waals surface area contributed by atoms with Gasteiger partial charge in [0.25, 0.3) is 0 Å². The van der Waals surface area contributed by atoms with E-state index in [4.69, 9.17) is 0 Å². The van der Waals surface area contributed by atoms with Gasteiger partial charge in [-0.2, -0.15) is 13.2 Å². The third-order valence-electron chi connectivity index (χ3n) is 3.85. The van der Waals surface area contributed by atoms with Crippen molar-refractivity contribution in [3.05, 3.63) is 35.6 Å². The Morgan fingerprint density at radius 3 is 2.20 bits per heavy atom. The number of hydrogen-bond donors (Lipinski definition) is 1. The summed E-state index contributed by atoms with van der Waals surface area (Å²) in [6.07, 6.45) is -4.27. The van der Waals surface area contributed by atoms with E-state index in [0.717, 1.165) is 0 Å². The van der Waals surface area contributed by atoms with E-state index >= 15 is 0 Å². The highest BCUT2D eigenvalue weighted by Crippen LogP contribution is 2.12. The van der Waals surface area contributed by atoms with Gasteiger partial charge in [-0.15, -0.1) is 0 Å². The highest BCUT2D eigenvalue weighted by Gasteiger charge is 2.28. The first-order chi connectivity index (χ1) is 11.7. The van der Waals surface area contributed by atoms with Crippen molar-refractivity contribution in [1.82, 2.24) is 15.1 Å². The molecule has 0 atom stereocenters. The SMILES string of the molecule is O=C(CN1CCN(C(=O)Cc2ccc(F)cc2)CC1)NCC(F)(F)F. The largest absolute Gasteiger partial charge is 0.405 e. The fraction of sp³-hybridized carbons (Fsp3) is 0.500. The number of alkyl halides is 3. The Bertz CT molecular complexity index is 596. The van der Waals surface area contributed by atoms with Gasteiger partial charge in [0.15, 0.2) is 0 Å². The van der Waals surface area contributed by atoms with E-state index in [9.17, 15) is 27.2 Å². The zero-order chi connectivity index (χ0) is 18.4. The van der Waals surface area contributed by atoms with Gasteiger partial charge in [0, 0.05) is 26.2 Å². The number of rotatable bonds is 5. The zero-order valence-electron chi connectivity index (χ0n) is 13.5. The highest BCUT2D eigenvalue weighted by atomic mass is 19.4. The summed E-state index contributed by atoms with van der Waals surface area (Å²) >= 11 is 0. The molecule has 9 heteroatoms. The molecule has 5 nitrogen and oxygen atoms in total. The van der Waals surface area contributed by atoms with Gasteiger partial charge in [-0.25, -0.2) is 4.39 Å². The Labute approximate surface area is 142 Å². The average Bonchev–Trinajstić information content (AvgIpc) is 2.55. The van der Waals surface area contributed by atoms with Crippen molar-refractivity contribution in [2.45, 2.75) is 12.6 Å². The van der Waals surface area contributed by atoms with Crippen LogP contribution in [0, 0.1) is 5.82 Å². The van der Waals surface area contributed by atoms with Crippen molar-refractivity contribution in [3.63, 3.8) is 0 Å². The normalized spacial score (nSPS) is 15.9. The van der Waals surface area contributed by atoms with Crippen molar-refractivity contribution in [3.8, 4) is 0 Å². The monoisotopic (exact) mass is 361 g/mol. The molecule has 1 saturated heterocycles. The van der Waals surface area contributed by atoms with Crippen LogP contribution in [0.3, 0.4) is 0 Å². The molecule has 138 valence electrons. The number of hydrogen-bond acceptors (Lipinski definition) is 3. The molecule has 1 aliphatic heterocycles. The molecule has 1 heterocycles. The quantitative estimate of drug-likeness (QED) is 0.802. The van der Waals surface area contributed by atoms with Crippen molar-refractivity contribution < 1.29 is 27.2 Å². The standard InChI is InChI=1S/C16H19F4N3O2/c17-13-3-1-12(2-4-13)9-15(25)23-7-5-22(6-8-23)10-14(24)21-11-16(18,19)20/h1-4H,5-11H2,(H,21,24). The number of benzene rings is 1. The molecule has 0 bridgehead atoms. The fourth-order valence-electron chi connectivity index (χ4n) is 2.50. The Balaban J connectivity index is 1.72. The molecule has 1 aromatic carbocycles. The summed E-state index contributed by atoms with van der Waals surface area (Å²) in [7, 11) is 0. The number of nitrogens with one attached hydrogen (secondary N) is 1. The number of carbonyl (C=O) groups excluding carboxylic acids is 2. The molecular weight excluding hydrogens is 342 g/mol. The van der Waals surface area contributed by atoms with Crippen LogP contribution < -0.4 is 5.32 Å². The van der Waals surface area contributed by atoms with E-state index in [2.05, 4.69) is 0 Å².